The van der Waals surface area contributed by atoms with Crippen LogP contribution in [0.2, 0.25) is 0 Å². The molecule has 1 saturated heterocycles. The van der Waals surface area contributed by atoms with Crippen molar-refractivity contribution in [2.24, 2.45) is 11.8 Å². The lowest BCUT2D eigenvalue weighted by atomic mass is 9.90. The molecule has 2 unspecified atom stereocenters. The molecule has 1 aliphatic heterocycles. The maximum atomic E-state index is 11.1. The Morgan fingerprint density at radius 3 is 2.89 bits per heavy atom. The number of nitrogens with zero attached hydrogens (tertiary/aromatic N) is 3. The minimum absolute atomic E-state index is 0.329. The molecular formula is C13H15N3O2. The molecule has 0 bridgehead atoms. The summed E-state index contributed by atoms with van der Waals surface area (Å²) in [4.78, 5) is 17.1. The van der Waals surface area contributed by atoms with E-state index in [4.69, 9.17) is 10.4 Å². The first-order valence-corrected chi connectivity index (χ1v) is 5.94. The molecule has 5 heteroatoms. The Bertz CT molecular complexity index is 478. The monoisotopic (exact) mass is 245 g/mol. The second kappa shape index (κ2) is 5.05. The van der Waals surface area contributed by atoms with Crippen LogP contribution >= 0.6 is 0 Å². The second-order valence-electron chi connectivity index (χ2n) is 4.79. The number of nitriles is 1. The summed E-state index contributed by atoms with van der Waals surface area (Å²) in [5.41, 5.74) is 1.25. The maximum Gasteiger partial charge on any atom is 0.308 e. The Hall–Kier alpha value is -2.09. The van der Waals surface area contributed by atoms with Crippen molar-refractivity contribution < 1.29 is 9.90 Å². The number of carboxylic acid groups (broad SMARTS) is 1. The van der Waals surface area contributed by atoms with Gasteiger partial charge in [-0.3, -0.25) is 4.79 Å². The number of hydrogen-bond acceptors (Lipinski definition) is 4. The summed E-state index contributed by atoms with van der Waals surface area (Å²) in [5.74, 6) is -0.729. The molecule has 5 nitrogen and oxygen atoms in total. The lowest BCUT2D eigenvalue weighted by Gasteiger charge is -2.36. The van der Waals surface area contributed by atoms with Crippen LogP contribution in [0, 0.1) is 23.2 Å². The zero-order chi connectivity index (χ0) is 13.1. The first-order valence-electron chi connectivity index (χ1n) is 5.94. The van der Waals surface area contributed by atoms with E-state index in [9.17, 15) is 4.79 Å². The van der Waals surface area contributed by atoms with Gasteiger partial charge < -0.3 is 10.0 Å². The Balaban J connectivity index is 2.16. The molecule has 0 aromatic carbocycles. The summed E-state index contributed by atoms with van der Waals surface area (Å²) < 4.78 is 0. The third-order valence-electron chi connectivity index (χ3n) is 3.24. The van der Waals surface area contributed by atoms with Gasteiger partial charge in [0.05, 0.1) is 17.8 Å². The van der Waals surface area contributed by atoms with E-state index in [1.807, 2.05) is 17.0 Å². The Morgan fingerprint density at radius 2 is 2.33 bits per heavy atom. The van der Waals surface area contributed by atoms with Gasteiger partial charge in [-0.05, 0) is 24.5 Å². The quantitative estimate of drug-likeness (QED) is 0.854. The van der Waals surface area contributed by atoms with E-state index in [0.717, 1.165) is 18.7 Å². The maximum absolute atomic E-state index is 11.1. The number of carboxylic acids is 1. The predicted octanol–water partition coefficient (Wildman–Crippen LogP) is 1.50. The molecule has 0 amide bonds. The Morgan fingerprint density at radius 1 is 1.56 bits per heavy atom. The average Bonchev–Trinajstić information content (AvgIpc) is 2.38. The number of piperidine rings is 1. The molecule has 1 aromatic heterocycles. The van der Waals surface area contributed by atoms with Crippen LogP contribution in [-0.2, 0) is 4.79 Å². The fourth-order valence-electron chi connectivity index (χ4n) is 2.38. The van der Waals surface area contributed by atoms with Gasteiger partial charge in [0.2, 0.25) is 0 Å². The van der Waals surface area contributed by atoms with Crippen molar-refractivity contribution in [1.82, 2.24) is 4.98 Å². The van der Waals surface area contributed by atoms with Crippen LogP contribution in [0.25, 0.3) is 0 Å². The van der Waals surface area contributed by atoms with E-state index in [0.29, 0.717) is 18.2 Å². The van der Waals surface area contributed by atoms with Crippen LogP contribution < -0.4 is 4.90 Å². The normalized spacial score (nSPS) is 23.4. The molecule has 1 aromatic rings. The van der Waals surface area contributed by atoms with E-state index in [1.54, 1.807) is 12.3 Å². The summed E-state index contributed by atoms with van der Waals surface area (Å²) in [6.45, 7) is 3.39. The third kappa shape index (κ3) is 2.59. The van der Waals surface area contributed by atoms with Crippen molar-refractivity contribution in [2.45, 2.75) is 13.3 Å². The van der Waals surface area contributed by atoms with Gasteiger partial charge in [0.15, 0.2) is 0 Å². The standard InChI is InChI=1S/C13H15N3O2/c1-9-4-10(13(17)18)8-16(7-9)12-3-2-11(5-14)15-6-12/h2-3,6,9-10H,4,7-8H2,1H3,(H,17,18). The molecule has 1 N–H and O–H groups in total. The number of anilines is 1. The summed E-state index contributed by atoms with van der Waals surface area (Å²) in [6, 6.07) is 5.45. The summed E-state index contributed by atoms with van der Waals surface area (Å²) in [5, 5.41) is 17.8. The number of hydrogen-bond donors (Lipinski definition) is 1. The van der Waals surface area contributed by atoms with Crippen LogP contribution in [0.5, 0.6) is 0 Å². The topological polar surface area (TPSA) is 77.2 Å². The summed E-state index contributed by atoms with van der Waals surface area (Å²) in [7, 11) is 0. The van der Waals surface area contributed by atoms with Crippen molar-refractivity contribution in [1.29, 1.82) is 5.26 Å². The minimum atomic E-state index is -0.742. The number of pyridine rings is 1. The highest BCUT2D eigenvalue weighted by Crippen LogP contribution is 2.26. The van der Waals surface area contributed by atoms with E-state index in [1.165, 1.54) is 0 Å². The van der Waals surface area contributed by atoms with E-state index in [-0.39, 0.29) is 5.92 Å². The van der Waals surface area contributed by atoms with Crippen molar-refractivity contribution in [3.63, 3.8) is 0 Å². The average molecular weight is 245 g/mol. The van der Waals surface area contributed by atoms with Gasteiger partial charge >= 0.3 is 5.97 Å². The molecule has 0 saturated carbocycles. The van der Waals surface area contributed by atoms with Crippen molar-refractivity contribution >= 4 is 11.7 Å². The number of aromatic nitrogens is 1. The fourth-order valence-corrected chi connectivity index (χ4v) is 2.38. The van der Waals surface area contributed by atoms with Crippen molar-refractivity contribution in [3.05, 3.63) is 24.0 Å². The van der Waals surface area contributed by atoms with Crippen LogP contribution in [0.15, 0.2) is 18.3 Å². The summed E-state index contributed by atoms with van der Waals surface area (Å²) in [6.07, 6.45) is 2.35. The van der Waals surface area contributed by atoms with Gasteiger partial charge in [-0.1, -0.05) is 6.92 Å². The zero-order valence-corrected chi connectivity index (χ0v) is 10.2. The molecule has 0 radical (unpaired) electrons. The van der Waals surface area contributed by atoms with Crippen LogP contribution in [0.3, 0.4) is 0 Å². The molecule has 2 rings (SSSR count). The molecule has 18 heavy (non-hydrogen) atoms. The first kappa shape index (κ1) is 12.4. The highest BCUT2D eigenvalue weighted by Gasteiger charge is 2.29. The molecule has 2 atom stereocenters. The Labute approximate surface area is 106 Å². The van der Waals surface area contributed by atoms with Crippen LogP contribution in [0.4, 0.5) is 5.69 Å². The highest BCUT2D eigenvalue weighted by molar-refractivity contribution is 5.71. The fraction of sp³-hybridized carbons (Fsp3) is 0.462. The van der Waals surface area contributed by atoms with E-state index >= 15 is 0 Å². The smallest absolute Gasteiger partial charge is 0.308 e. The van der Waals surface area contributed by atoms with Crippen LogP contribution in [-0.4, -0.2) is 29.1 Å². The minimum Gasteiger partial charge on any atom is -0.481 e. The Kier molecular flexibility index (Phi) is 3.47. The van der Waals surface area contributed by atoms with Gasteiger partial charge in [-0.2, -0.15) is 5.26 Å². The van der Waals surface area contributed by atoms with Crippen molar-refractivity contribution in [3.8, 4) is 6.07 Å². The number of carbonyl (C=O) groups is 1. The SMILES string of the molecule is CC1CC(C(=O)O)CN(c2ccc(C#N)nc2)C1. The molecule has 94 valence electrons. The molecule has 1 aliphatic rings. The summed E-state index contributed by atoms with van der Waals surface area (Å²) >= 11 is 0. The first-order chi connectivity index (χ1) is 8.60. The zero-order valence-electron chi connectivity index (χ0n) is 10.2. The van der Waals surface area contributed by atoms with E-state index < -0.39 is 5.97 Å². The van der Waals surface area contributed by atoms with Gasteiger partial charge in [0, 0.05) is 13.1 Å². The van der Waals surface area contributed by atoms with Gasteiger partial charge in [-0.25, -0.2) is 4.98 Å². The van der Waals surface area contributed by atoms with Gasteiger partial charge in [0.25, 0.3) is 0 Å². The van der Waals surface area contributed by atoms with Gasteiger partial charge in [-0.15, -0.1) is 0 Å². The highest BCUT2D eigenvalue weighted by atomic mass is 16.4. The number of aliphatic carboxylic acids is 1. The van der Waals surface area contributed by atoms with E-state index in [2.05, 4.69) is 11.9 Å². The second-order valence-corrected chi connectivity index (χ2v) is 4.79. The van der Waals surface area contributed by atoms with Gasteiger partial charge in [0.1, 0.15) is 11.8 Å². The third-order valence-corrected chi connectivity index (χ3v) is 3.24. The number of rotatable bonds is 2. The molecule has 0 aliphatic carbocycles. The lowest BCUT2D eigenvalue weighted by Crippen LogP contribution is -2.42. The molecule has 1 fully saturated rings. The molecular weight excluding hydrogens is 230 g/mol. The molecule has 2 heterocycles. The lowest BCUT2D eigenvalue weighted by molar-refractivity contribution is -0.142. The predicted molar refractivity (Wildman–Crippen MR) is 66.1 cm³/mol. The molecule has 0 spiro atoms. The largest absolute Gasteiger partial charge is 0.481 e. The van der Waals surface area contributed by atoms with Crippen LogP contribution in [0.1, 0.15) is 19.0 Å². The van der Waals surface area contributed by atoms with Crippen molar-refractivity contribution in [2.75, 3.05) is 18.0 Å².